The Bertz CT molecular complexity index is 1050. The lowest BCUT2D eigenvalue weighted by atomic mass is 10.2. The second kappa shape index (κ2) is 7.76. The highest BCUT2D eigenvalue weighted by Crippen LogP contribution is 2.31. The molecule has 0 atom stereocenters. The molecule has 134 valence electrons. The van der Waals surface area contributed by atoms with Crippen molar-refractivity contribution in [2.75, 3.05) is 14.2 Å². The van der Waals surface area contributed by atoms with Crippen LogP contribution in [-0.4, -0.2) is 24.7 Å². The van der Waals surface area contributed by atoms with Crippen molar-refractivity contribution in [1.29, 1.82) is 0 Å². The zero-order valence-electron chi connectivity index (χ0n) is 14.4. The summed E-state index contributed by atoms with van der Waals surface area (Å²) in [5.74, 6) is 0.440. The first-order valence-electron chi connectivity index (χ1n) is 7.79. The fourth-order valence-corrected chi connectivity index (χ4v) is 3.95. The molecule has 2 aromatic carbocycles. The van der Waals surface area contributed by atoms with Crippen LogP contribution in [0.15, 0.2) is 54.0 Å². The number of hydrogen-bond donors (Lipinski definition) is 0. The second-order valence-corrected chi connectivity index (χ2v) is 6.80. The summed E-state index contributed by atoms with van der Waals surface area (Å²) in [4.78, 5) is 17.7. The predicted molar refractivity (Wildman–Crippen MR) is 104 cm³/mol. The molecule has 1 aromatic heterocycles. The van der Waals surface area contributed by atoms with Gasteiger partial charge in [0, 0.05) is 11.6 Å². The van der Waals surface area contributed by atoms with Gasteiger partial charge in [0.25, 0.3) is 5.91 Å². The SMILES string of the molecule is C=CCn1c(=NC(=O)c2cccc(OC)c2OC)sc2cc(Cl)ccc21. The number of allylic oxidation sites excluding steroid dienone is 1. The third-order valence-electron chi connectivity index (χ3n) is 3.79. The monoisotopic (exact) mass is 388 g/mol. The van der Waals surface area contributed by atoms with E-state index in [1.165, 1.54) is 25.6 Å². The van der Waals surface area contributed by atoms with E-state index in [0.29, 0.717) is 33.4 Å². The van der Waals surface area contributed by atoms with E-state index in [4.69, 9.17) is 21.1 Å². The Morgan fingerprint density at radius 2 is 2.12 bits per heavy atom. The molecule has 0 unspecified atom stereocenters. The van der Waals surface area contributed by atoms with Crippen molar-refractivity contribution >= 4 is 39.1 Å². The van der Waals surface area contributed by atoms with E-state index in [1.54, 1.807) is 24.3 Å². The van der Waals surface area contributed by atoms with Gasteiger partial charge in [-0.15, -0.1) is 6.58 Å². The van der Waals surface area contributed by atoms with E-state index >= 15 is 0 Å². The van der Waals surface area contributed by atoms with Gasteiger partial charge in [0.15, 0.2) is 16.3 Å². The summed E-state index contributed by atoms with van der Waals surface area (Å²) in [6.45, 7) is 4.31. The van der Waals surface area contributed by atoms with Crippen LogP contribution in [0.25, 0.3) is 10.2 Å². The van der Waals surface area contributed by atoms with Gasteiger partial charge < -0.3 is 14.0 Å². The molecule has 1 amide bonds. The highest BCUT2D eigenvalue weighted by atomic mass is 35.5. The molecule has 1 heterocycles. The largest absolute Gasteiger partial charge is 0.493 e. The maximum absolute atomic E-state index is 12.8. The number of para-hydroxylation sites is 1. The van der Waals surface area contributed by atoms with E-state index in [9.17, 15) is 4.79 Å². The summed E-state index contributed by atoms with van der Waals surface area (Å²) in [7, 11) is 3.02. The van der Waals surface area contributed by atoms with Crippen LogP contribution >= 0.6 is 22.9 Å². The van der Waals surface area contributed by atoms with Gasteiger partial charge in [-0.3, -0.25) is 4.79 Å². The van der Waals surface area contributed by atoms with Crippen LogP contribution in [0.5, 0.6) is 11.5 Å². The van der Waals surface area contributed by atoms with E-state index < -0.39 is 5.91 Å². The van der Waals surface area contributed by atoms with Gasteiger partial charge >= 0.3 is 0 Å². The Balaban J connectivity index is 2.17. The Morgan fingerprint density at radius 3 is 2.81 bits per heavy atom. The summed E-state index contributed by atoms with van der Waals surface area (Å²) in [5, 5.41) is 0.636. The molecule has 3 rings (SSSR count). The van der Waals surface area contributed by atoms with Crippen molar-refractivity contribution in [3.63, 3.8) is 0 Å². The van der Waals surface area contributed by atoms with Gasteiger partial charge in [-0.2, -0.15) is 4.99 Å². The first kappa shape index (κ1) is 18.2. The van der Waals surface area contributed by atoms with Gasteiger partial charge in [-0.05, 0) is 30.3 Å². The van der Waals surface area contributed by atoms with Gasteiger partial charge in [-0.1, -0.05) is 35.1 Å². The molecular formula is C19H17ClN2O3S. The standard InChI is InChI=1S/C19H17ClN2O3S/c1-4-10-22-14-9-8-12(20)11-16(14)26-19(22)21-18(23)13-6-5-7-15(24-2)17(13)25-3/h4-9,11H,1,10H2,2-3H3. The third kappa shape index (κ3) is 3.38. The van der Waals surface area contributed by atoms with Crippen LogP contribution in [0.1, 0.15) is 10.4 Å². The highest BCUT2D eigenvalue weighted by molar-refractivity contribution is 7.16. The lowest BCUT2D eigenvalue weighted by Crippen LogP contribution is -2.16. The molecule has 0 bridgehead atoms. The summed E-state index contributed by atoms with van der Waals surface area (Å²) in [6.07, 6.45) is 1.76. The maximum atomic E-state index is 12.8. The number of ether oxygens (including phenoxy) is 2. The number of fused-ring (bicyclic) bond motifs is 1. The van der Waals surface area contributed by atoms with Crippen LogP contribution in [0, 0.1) is 0 Å². The second-order valence-electron chi connectivity index (χ2n) is 5.35. The molecular weight excluding hydrogens is 372 g/mol. The molecule has 5 nitrogen and oxygen atoms in total. The van der Waals surface area contributed by atoms with Crippen LogP contribution < -0.4 is 14.3 Å². The van der Waals surface area contributed by atoms with Crippen molar-refractivity contribution in [3.8, 4) is 11.5 Å². The van der Waals surface area contributed by atoms with Gasteiger partial charge in [-0.25, -0.2) is 0 Å². The molecule has 0 fully saturated rings. The molecule has 0 N–H and O–H groups in total. The minimum absolute atomic E-state index is 0.340. The molecule has 3 aromatic rings. The zero-order chi connectivity index (χ0) is 18.7. The Hall–Kier alpha value is -2.57. The maximum Gasteiger partial charge on any atom is 0.283 e. The topological polar surface area (TPSA) is 52.8 Å². The van der Waals surface area contributed by atoms with Crippen LogP contribution in [0.4, 0.5) is 0 Å². The number of halogens is 1. The van der Waals surface area contributed by atoms with E-state index in [1.807, 2.05) is 22.8 Å². The van der Waals surface area contributed by atoms with Gasteiger partial charge in [0.05, 0.1) is 30.0 Å². The number of carbonyl (C=O) groups excluding carboxylic acids is 1. The van der Waals surface area contributed by atoms with E-state index in [-0.39, 0.29) is 0 Å². The summed E-state index contributed by atoms with van der Waals surface area (Å²) < 4.78 is 13.5. The van der Waals surface area contributed by atoms with E-state index in [2.05, 4.69) is 11.6 Å². The Labute approximate surface area is 159 Å². The zero-order valence-corrected chi connectivity index (χ0v) is 15.9. The molecule has 7 heteroatoms. The van der Waals surface area contributed by atoms with Crippen molar-refractivity contribution in [2.45, 2.75) is 6.54 Å². The molecule has 0 aliphatic heterocycles. The first-order chi connectivity index (χ1) is 12.6. The Morgan fingerprint density at radius 1 is 1.31 bits per heavy atom. The molecule has 0 spiro atoms. The van der Waals surface area contributed by atoms with Crippen LogP contribution in [0.2, 0.25) is 5.02 Å². The van der Waals surface area contributed by atoms with Gasteiger partial charge in [0.1, 0.15) is 0 Å². The average molecular weight is 389 g/mol. The number of rotatable bonds is 5. The van der Waals surface area contributed by atoms with Crippen molar-refractivity contribution in [3.05, 3.63) is 64.4 Å². The molecule has 0 radical (unpaired) electrons. The molecule has 26 heavy (non-hydrogen) atoms. The van der Waals surface area contributed by atoms with Crippen molar-refractivity contribution in [1.82, 2.24) is 4.57 Å². The summed E-state index contributed by atoms with van der Waals surface area (Å²) in [5.41, 5.74) is 1.29. The summed E-state index contributed by atoms with van der Waals surface area (Å²) in [6, 6.07) is 10.7. The predicted octanol–water partition coefficient (Wildman–Crippen LogP) is 4.30. The number of benzene rings is 2. The first-order valence-corrected chi connectivity index (χ1v) is 8.98. The minimum Gasteiger partial charge on any atom is -0.493 e. The smallest absolute Gasteiger partial charge is 0.283 e. The number of nitrogens with zero attached hydrogens (tertiary/aromatic N) is 2. The van der Waals surface area contributed by atoms with Crippen LogP contribution in [0.3, 0.4) is 0 Å². The van der Waals surface area contributed by atoms with Crippen molar-refractivity contribution in [2.24, 2.45) is 4.99 Å². The lowest BCUT2D eigenvalue weighted by molar-refractivity contribution is 0.0994. The van der Waals surface area contributed by atoms with E-state index in [0.717, 1.165) is 10.2 Å². The third-order valence-corrected chi connectivity index (χ3v) is 5.06. The number of amides is 1. The highest BCUT2D eigenvalue weighted by Gasteiger charge is 2.16. The fourth-order valence-electron chi connectivity index (χ4n) is 2.64. The number of thiazole rings is 1. The molecule has 0 saturated carbocycles. The minimum atomic E-state index is -0.406. The normalized spacial score (nSPS) is 11.6. The summed E-state index contributed by atoms with van der Waals surface area (Å²) >= 11 is 7.48. The number of aromatic nitrogens is 1. The fraction of sp³-hybridized carbons (Fsp3) is 0.158. The molecule has 0 aliphatic rings. The van der Waals surface area contributed by atoms with Gasteiger partial charge in [0.2, 0.25) is 0 Å². The van der Waals surface area contributed by atoms with Crippen LogP contribution in [-0.2, 0) is 6.54 Å². The Kier molecular flexibility index (Phi) is 5.44. The lowest BCUT2D eigenvalue weighted by Gasteiger charge is -2.09. The van der Waals surface area contributed by atoms with Crippen molar-refractivity contribution < 1.29 is 14.3 Å². The number of carbonyl (C=O) groups is 1. The average Bonchev–Trinajstić information content (AvgIpc) is 2.97. The molecule has 0 aliphatic carbocycles. The quantitative estimate of drug-likeness (QED) is 0.612. The number of methoxy groups -OCH3 is 2. The molecule has 0 saturated heterocycles. The number of hydrogen-bond acceptors (Lipinski definition) is 4.